The lowest BCUT2D eigenvalue weighted by Crippen LogP contribution is -2.22. The van der Waals surface area contributed by atoms with Crippen LogP contribution in [0.3, 0.4) is 0 Å². The second-order valence-corrected chi connectivity index (χ2v) is 5.14. The topological polar surface area (TPSA) is 29.9 Å². The summed E-state index contributed by atoms with van der Waals surface area (Å²) < 4.78 is 21.7. The maximum atomic E-state index is 13.6. The van der Waals surface area contributed by atoms with Gasteiger partial charge in [-0.25, -0.2) is 4.39 Å². The summed E-state index contributed by atoms with van der Waals surface area (Å²) in [4.78, 5) is 2.95. The number of halogens is 1. The number of fused-ring (bicyclic) bond motifs is 1. The molecule has 0 spiro atoms. The fourth-order valence-electron chi connectivity index (χ4n) is 2.54. The highest BCUT2D eigenvalue weighted by Crippen LogP contribution is 2.21. The van der Waals surface area contributed by atoms with Gasteiger partial charge in [0.1, 0.15) is 11.3 Å². The number of hydrogen-bond donors (Lipinski definition) is 1. The van der Waals surface area contributed by atoms with Crippen molar-refractivity contribution >= 4 is 23.3 Å². The third-order valence-electron chi connectivity index (χ3n) is 3.45. The average molecular weight is 266 g/mol. The Morgan fingerprint density at radius 1 is 1.50 bits per heavy atom. The maximum absolute atomic E-state index is 13.6. The van der Waals surface area contributed by atoms with Crippen LogP contribution in [-0.4, -0.2) is 22.8 Å². The van der Waals surface area contributed by atoms with Crippen LogP contribution in [0.4, 0.5) is 4.39 Å². The van der Waals surface area contributed by atoms with Crippen molar-refractivity contribution in [1.29, 1.82) is 0 Å². The van der Waals surface area contributed by atoms with Gasteiger partial charge in [-0.15, -0.1) is 0 Å². The number of ether oxygens (including phenoxy) is 1. The SMILES string of the molecule is Fc1cccc2c1[nH]c(=S)n2CC1CCCOC1. The number of H-pyrrole nitrogens is 1. The van der Waals surface area contributed by atoms with Crippen molar-refractivity contribution in [3.8, 4) is 0 Å². The largest absolute Gasteiger partial charge is 0.381 e. The van der Waals surface area contributed by atoms with Crippen molar-refractivity contribution in [2.75, 3.05) is 13.2 Å². The Balaban J connectivity index is 1.98. The standard InChI is InChI=1S/C13H15FN2OS/c14-10-4-1-5-11-12(10)15-13(18)16(11)7-9-3-2-6-17-8-9/h1,4-5,9H,2-3,6-8H2,(H,15,18). The van der Waals surface area contributed by atoms with Crippen molar-refractivity contribution in [3.05, 3.63) is 28.8 Å². The second-order valence-electron chi connectivity index (χ2n) is 4.76. The first-order valence-electron chi connectivity index (χ1n) is 6.20. The van der Waals surface area contributed by atoms with Crippen molar-refractivity contribution in [2.45, 2.75) is 19.4 Å². The monoisotopic (exact) mass is 266 g/mol. The molecule has 1 atom stereocenters. The van der Waals surface area contributed by atoms with Gasteiger partial charge in [-0.3, -0.25) is 0 Å². The molecule has 1 aliphatic heterocycles. The second kappa shape index (κ2) is 4.82. The van der Waals surface area contributed by atoms with E-state index in [1.807, 2.05) is 10.6 Å². The lowest BCUT2D eigenvalue weighted by Gasteiger charge is -2.22. The van der Waals surface area contributed by atoms with E-state index in [0.29, 0.717) is 16.2 Å². The molecule has 3 nitrogen and oxygen atoms in total. The summed E-state index contributed by atoms with van der Waals surface area (Å²) in [5.74, 6) is 0.213. The van der Waals surface area contributed by atoms with Crippen molar-refractivity contribution < 1.29 is 9.13 Å². The molecule has 1 aromatic carbocycles. The first-order valence-corrected chi connectivity index (χ1v) is 6.61. The molecule has 0 saturated carbocycles. The molecule has 2 heterocycles. The Bertz CT molecular complexity index is 613. The zero-order chi connectivity index (χ0) is 12.5. The Kier molecular flexibility index (Phi) is 3.18. The lowest BCUT2D eigenvalue weighted by atomic mass is 10.0. The normalized spacial score (nSPS) is 20.4. The van der Waals surface area contributed by atoms with E-state index in [1.165, 1.54) is 6.07 Å². The van der Waals surface area contributed by atoms with Gasteiger partial charge < -0.3 is 14.3 Å². The van der Waals surface area contributed by atoms with E-state index >= 15 is 0 Å². The summed E-state index contributed by atoms with van der Waals surface area (Å²) in [6.45, 7) is 2.41. The minimum atomic E-state index is -0.253. The quantitative estimate of drug-likeness (QED) is 0.846. The molecule has 3 rings (SSSR count). The molecule has 96 valence electrons. The predicted octanol–water partition coefficient (Wildman–Crippen LogP) is 3.26. The van der Waals surface area contributed by atoms with E-state index in [4.69, 9.17) is 17.0 Å². The molecular formula is C13H15FN2OS. The van der Waals surface area contributed by atoms with Crippen LogP contribution < -0.4 is 0 Å². The van der Waals surface area contributed by atoms with Crippen LogP contribution in [0.5, 0.6) is 0 Å². The van der Waals surface area contributed by atoms with E-state index in [1.54, 1.807) is 6.07 Å². The summed E-state index contributed by atoms with van der Waals surface area (Å²) in [7, 11) is 0. The van der Waals surface area contributed by atoms with E-state index < -0.39 is 0 Å². The molecule has 1 aromatic heterocycles. The number of aromatic nitrogens is 2. The molecule has 0 amide bonds. The molecule has 1 aliphatic rings. The smallest absolute Gasteiger partial charge is 0.178 e. The summed E-state index contributed by atoms with van der Waals surface area (Å²) in [5.41, 5.74) is 1.34. The van der Waals surface area contributed by atoms with Crippen LogP contribution in [0.25, 0.3) is 11.0 Å². The van der Waals surface area contributed by atoms with E-state index in [-0.39, 0.29) is 5.82 Å². The Labute approximate surface area is 110 Å². The Hall–Kier alpha value is -1.20. The number of benzene rings is 1. The number of imidazole rings is 1. The molecule has 1 saturated heterocycles. The molecule has 18 heavy (non-hydrogen) atoms. The third-order valence-corrected chi connectivity index (χ3v) is 3.78. The lowest BCUT2D eigenvalue weighted by molar-refractivity contribution is 0.0486. The molecule has 1 unspecified atom stereocenters. The third kappa shape index (κ3) is 2.08. The number of nitrogens with zero attached hydrogens (tertiary/aromatic N) is 1. The van der Waals surface area contributed by atoms with Gasteiger partial charge in [-0.2, -0.15) is 0 Å². The van der Waals surface area contributed by atoms with Crippen molar-refractivity contribution in [2.24, 2.45) is 5.92 Å². The minimum Gasteiger partial charge on any atom is -0.381 e. The van der Waals surface area contributed by atoms with Crippen LogP contribution in [0.15, 0.2) is 18.2 Å². The van der Waals surface area contributed by atoms with Crippen molar-refractivity contribution in [3.63, 3.8) is 0 Å². The number of aromatic amines is 1. The maximum Gasteiger partial charge on any atom is 0.178 e. The summed E-state index contributed by atoms with van der Waals surface area (Å²) in [6, 6.07) is 5.06. The summed E-state index contributed by atoms with van der Waals surface area (Å²) in [5, 5.41) is 0. The highest BCUT2D eigenvalue weighted by atomic mass is 32.1. The predicted molar refractivity (Wildman–Crippen MR) is 70.6 cm³/mol. The van der Waals surface area contributed by atoms with Gasteiger partial charge in [0.2, 0.25) is 0 Å². The van der Waals surface area contributed by atoms with Crippen LogP contribution >= 0.6 is 12.2 Å². The van der Waals surface area contributed by atoms with Gasteiger partial charge in [0.25, 0.3) is 0 Å². The summed E-state index contributed by atoms with van der Waals surface area (Å²) in [6.07, 6.45) is 2.23. The molecular weight excluding hydrogens is 251 g/mol. The van der Waals surface area contributed by atoms with Crippen LogP contribution in [0.2, 0.25) is 0 Å². The first kappa shape index (κ1) is 11.9. The molecule has 0 bridgehead atoms. The van der Waals surface area contributed by atoms with Gasteiger partial charge >= 0.3 is 0 Å². The highest BCUT2D eigenvalue weighted by Gasteiger charge is 2.17. The Morgan fingerprint density at radius 2 is 2.39 bits per heavy atom. The fourth-order valence-corrected chi connectivity index (χ4v) is 2.81. The zero-order valence-electron chi connectivity index (χ0n) is 9.99. The molecule has 2 aromatic rings. The van der Waals surface area contributed by atoms with E-state index in [0.717, 1.165) is 38.1 Å². The van der Waals surface area contributed by atoms with Crippen molar-refractivity contribution in [1.82, 2.24) is 9.55 Å². The molecule has 0 radical (unpaired) electrons. The Morgan fingerprint density at radius 3 is 3.17 bits per heavy atom. The number of nitrogens with one attached hydrogen (secondary N) is 1. The van der Waals surface area contributed by atoms with E-state index in [9.17, 15) is 4.39 Å². The molecule has 5 heteroatoms. The van der Waals surface area contributed by atoms with Gasteiger partial charge in [0.05, 0.1) is 12.1 Å². The van der Waals surface area contributed by atoms with Crippen LogP contribution in [-0.2, 0) is 11.3 Å². The zero-order valence-corrected chi connectivity index (χ0v) is 10.8. The average Bonchev–Trinajstić information content (AvgIpc) is 2.70. The number of para-hydroxylation sites is 1. The molecule has 1 fully saturated rings. The molecule has 0 aliphatic carbocycles. The van der Waals surface area contributed by atoms with Gasteiger partial charge in [0, 0.05) is 19.1 Å². The fraction of sp³-hybridized carbons (Fsp3) is 0.462. The summed E-state index contributed by atoms with van der Waals surface area (Å²) >= 11 is 5.28. The number of hydrogen-bond acceptors (Lipinski definition) is 2. The molecule has 1 N–H and O–H groups in total. The van der Waals surface area contributed by atoms with E-state index in [2.05, 4.69) is 4.98 Å². The number of rotatable bonds is 2. The van der Waals surface area contributed by atoms with Gasteiger partial charge in [-0.05, 0) is 37.2 Å². The highest BCUT2D eigenvalue weighted by molar-refractivity contribution is 7.71. The van der Waals surface area contributed by atoms with Gasteiger partial charge in [-0.1, -0.05) is 6.07 Å². The first-order chi connectivity index (χ1) is 8.75. The van der Waals surface area contributed by atoms with Crippen LogP contribution in [0, 0.1) is 16.5 Å². The minimum absolute atomic E-state index is 0.253. The van der Waals surface area contributed by atoms with Crippen LogP contribution in [0.1, 0.15) is 12.8 Å². The van der Waals surface area contributed by atoms with Gasteiger partial charge in [0.15, 0.2) is 4.77 Å².